The van der Waals surface area contributed by atoms with Crippen LogP contribution in [-0.2, 0) is 6.54 Å². The van der Waals surface area contributed by atoms with Gasteiger partial charge in [-0.3, -0.25) is 4.79 Å². The lowest BCUT2D eigenvalue weighted by Crippen LogP contribution is -2.13. The molecule has 2 aromatic carbocycles. The normalized spacial score (nSPS) is 10.8. The molecule has 0 saturated heterocycles. The third-order valence-corrected chi connectivity index (χ3v) is 4.86. The van der Waals surface area contributed by atoms with Crippen molar-refractivity contribution >= 4 is 29.0 Å². The molecular formula is C21H19Cl2NO2. The van der Waals surface area contributed by atoms with E-state index in [-0.39, 0.29) is 12.4 Å². The summed E-state index contributed by atoms with van der Waals surface area (Å²) in [6.45, 7) is 4.60. The first kappa shape index (κ1) is 18.6. The van der Waals surface area contributed by atoms with Gasteiger partial charge in [0.05, 0.1) is 5.02 Å². The molecule has 1 heterocycles. The summed E-state index contributed by atoms with van der Waals surface area (Å²) in [6.07, 6.45) is 0. The van der Waals surface area contributed by atoms with Crippen molar-refractivity contribution in [2.45, 2.75) is 20.4 Å². The molecule has 0 atom stereocenters. The number of ether oxygens (including phenoxy) is 1. The first-order valence-corrected chi connectivity index (χ1v) is 9.03. The fourth-order valence-electron chi connectivity index (χ4n) is 2.90. The van der Waals surface area contributed by atoms with E-state index in [0.29, 0.717) is 21.4 Å². The Kier molecular flexibility index (Phi) is 5.70. The Morgan fingerprint density at radius 2 is 1.77 bits per heavy atom. The first-order valence-electron chi connectivity index (χ1n) is 8.27. The maximum absolute atomic E-state index is 12.6. The number of hydrogen-bond acceptors (Lipinski definition) is 2. The van der Waals surface area contributed by atoms with Crippen molar-refractivity contribution in [2.24, 2.45) is 0 Å². The third kappa shape index (κ3) is 4.12. The lowest BCUT2D eigenvalue weighted by molar-refractivity contribution is 0.0921. The molecule has 3 rings (SSSR count). The van der Waals surface area contributed by atoms with E-state index in [9.17, 15) is 4.79 Å². The molecule has 0 aliphatic rings. The molecule has 5 heteroatoms. The average molecular weight is 388 g/mol. The van der Waals surface area contributed by atoms with Crippen LogP contribution in [0.5, 0.6) is 5.75 Å². The van der Waals surface area contributed by atoms with Gasteiger partial charge in [0.2, 0.25) is 5.78 Å². The van der Waals surface area contributed by atoms with Crippen LogP contribution in [-0.4, -0.2) is 17.0 Å². The molecule has 0 N–H and O–H groups in total. The van der Waals surface area contributed by atoms with Crippen LogP contribution in [0.25, 0.3) is 0 Å². The summed E-state index contributed by atoms with van der Waals surface area (Å²) >= 11 is 12.0. The minimum absolute atomic E-state index is 0.0876. The minimum atomic E-state index is -0.0894. The molecule has 0 saturated carbocycles. The summed E-state index contributed by atoms with van der Waals surface area (Å²) in [6, 6.07) is 17.0. The molecule has 0 radical (unpaired) electrons. The molecule has 134 valence electrons. The molecule has 0 amide bonds. The molecule has 0 aliphatic carbocycles. The predicted molar refractivity (Wildman–Crippen MR) is 106 cm³/mol. The Hall–Kier alpha value is -2.23. The summed E-state index contributed by atoms with van der Waals surface area (Å²) in [4.78, 5) is 12.6. The lowest BCUT2D eigenvalue weighted by Gasteiger charge is -2.10. The Morgan fingerprint density at radius 1 is 1.04 bits per heavy atom. The van der Waals surface area contributed by atoms with Gasteiger partial charge >= 0.3 is 0 Å². The van der Waals surface area contributed by atoms with Gasteiger partial charge in [-0.15, -0.1) is 0 Å². The van der Waals surface area contributed by atoms with Crippen LogP contribution in [0, 0.1) is 13.8 Å². The number of ketones is 1. The lowest BCUT2D eigenvalue weighted by atomic mass is 10.1. The largest absolute Gasteiger partial charge is 0.484 e. The highest BCUT2D eigenvalue weighted by Crippen LogP contribution is 2.28. The van der Waals surface area contributed by atoms with Gasteiger partial charge < -0.3 is 9.30 Å². The first-order chi connectivity index (χ1) is 12.5. The average Bonchev–Trinajstić information content (AvgIpc) is 2.91. The van der Waals surface area contributed by atoms with Crippen molar-refractivity contribution in [3.63, 3.8) is 0 Å². The number of carbonyl (C=O) groups excluding carboxylic acids is 1. The zero-order valence-corrected chi connectivity index (χ0v) is 16.1. The molecular weight excluding hydrogens is 369 g/mol. The van der Waals surface area contributed by atoms with Crippen LogP contribution in [0.4, 0.5) is 0 Å². The van der Waals surface area contributed by atoms with Crippen molar-refractivity contribution in [1.82, 2.24) is 4.57 Å². The fourth-order valence-corrected chi connectivity index (χ4v) is 3.24. The van der Waals surface area contributed by atoms with E-state index in [4.69, 9.17) is 27.9 Å². The standard InChI is InChI=1S/C21H19Cl2NO2/c1-14-10-18(15(2)24(14)12-16-6-4-3-5-7-16)20(25)13-26-21-11-17(22)8-9-19(21)23/h3-11H,12-13H2,1-2H3. The molecule has 0 unspecified atom stereocenters. The molecule has 0 fully saturated rings. The fraction of sp³-hybridized carbons (Fsp3) is 0.190. The van der Waals surface area contributed by atoms with E-state index >= 15 is 0 Å². The molecule has 3 nitrogen and oxygen atoms in total. The summed E-state index contributed by atoms with van der Waals surface area (Å²) in [5.41, 5.74) is 3.82. The van der Waals surface area contributed by atoms with Crippen molar-refractivity contribution in [2.75, 3.05) is 6.61 Å². The van der Waals surface area contributed by atoms with Gasteiger partial charge in [-0.1, -0.05) is 53.5 Å². The summed E-state index contributed by atoms with van der Waals surface area (Å²) in [5.74, 6) is 0.319. The highest BCUT2D eigenvalue weighted by Gasteiger charge is 2.17. The molecule has 3 aromatic rings. The number of benzene rings is 2. The number of nitrogens with zero attached hydrogens (tertiary/aromatic N) is 1. The van der Waals surface area contributed by atoms with Gasteiger partial charge in [0.15, 0.2) is 6.61 Å². The van der Waals surface area contributed by atoms with E-state index in [1.54, 1.807) is 18.2 Å². The van der Waals surface area contributed by atoms with Crippen LogP contribution in [0.15, 0.2) is 54.6 Å². The smallest absolute Gasteiger partial charge is 0.202 e. The number of aryl methyl sites for hydroxylation is 1. The number of hydrogen-bond donors (Lipinski definition) is 0. The quantitative estimate of drug-likeness (QED) is 0.506. The minimum Gasteiger partial charge on any atom is -0.484 e. The zero-order chi connectivity index (χ0) is 18.7. The second-order valence-electron chi connectivity index (χ2n) is 6.14. The van der Waals surface area contributed by atoms with E-state index in [1.807, 2.05) is 38.1 Å². The monoisotopic (exact) mass is 387 g/mol. The molecule has 1 aromatic heterocycles. The summed E-state index contributed by atoms with van der Waals surface area (Å²) in [5, 5.41) is 0.939. The van der Waals surface area contributed by atoms with Crippen molar-refractivity contribution in [3.8, 4) is 5.75 Å². The van der Waals surface area contributed by atoms with E-state index in [1.165, 1.54) is 5.56 Å². The molecule has 0 spiro atoms. The van der Waals surface area contributed by atoms with Gasteiger partial charge in [-0.2, -0.15) is 0 Å². The van der Waals surface area contributed by atoms with Crippen LogP contribution >= 0.6 is 23.2 Å². The van der Waals surface area contributed by atoms with Crippen LogP contribution < -0.4 is 4.74 Å². The summed E-state index contributed by atoms with van der Waals surface area (Å²) < 4.78 is 7.71. The van der Waals surface area contributed by atoms with E-state index < -0.39 is 0 Å². The number of Topliss-reactive ketones (excluding diaryl/α,β-unsaturated/α-hetero) is 1. The number of aromatic nitrogens is 1. The third-order valence-electron chi connectivity index (χ3n) is 4.31. The molecule has 26 heavy (non-hydrogen) atoms. The number of halogens is 2. The van der Waals surface area contributed by atoms with Gasteiger partial charge in [0.25, 0.3) is 0 Å². The second kappa shape index (κ2) is 7.98. The topological polar surface area (TPSA) is 31.2 Å². The van der Waals surface area contributed by atoms with Gasteiger partial charge in [-0.05, 0) is 37.6 Å². The second-order valence-corrected chi connectivity index (χ2v) is 6.99. The Morgan fingerprint density at radius 3 is 2.50 bits per heavy atom. The van der Waals surface area contributed by atoms with Crippen LogP contribution in [0.2, 0.25) is 10.0 Å². The Labute approximate surface area is 163 Å². The molecule has 0 aliphatic heterocycles. The van der Waals surface area contributed by atoms with Gasteiger partial charge in [0, 0.05) is 34.6 Å². The Balaban J connectivity index is 1.76. The highest BCUT2D eigenvalue weighted by molar-refractivity contribution is 6.34. The van der Waals surface area contributed by atoms with Gasteiger partial charge in [-0.25, -0.2) is 0 Å². The highest BCUT2D eigenvalue weighted by atomic mass is 35.5. The summed E-state index contributed by atoms with van der Waals surface area (Å²) in [7, 11) is 0. The van der Waals surface area contributed by atoms with Gasteiger partial charge in [0.1, 0.15) is 5.75 Å². The maximum atomic E-state index is 12.6. The molecule has 0 bridgehead atoms. The Bertz CT molecular complexity index is 933. The van der Waals surface area contributed by atoms with Crippen LogP contribution in [0.3, 0.4) is 0 Å². The SMILES string of the molecule is Cc1cc(C(=O)COc2cc(Cl)ccc2Cl)c(C)n1Cc1ccccc1. The van der Waals surface area contributed by atoms with Crippen molar-refractivity contribution in [3.05, 3.63) is 87.2 Å². The van der Waals surface area contributed by atoms with E-state index in [2.05, 4.69) is 16.7 Å². The number of rotatable bonds is 6. The predicted octanol–water partition coefficient (Wildman–Crippen LogP) is 5.72. The zero-order valence-electron chi connectivity index (χ0n) is 14.6. The van der Waals surface area contributed by atoms with Crippen molar-refractivity contribution < 1.29 is 9.53 Å². The number of carbonyl (C=O) groups is 1. The van der Waals surface area contributed by atoms with Crippen molar-refractivity contribution in [1.29, 1.82) is 0 Å². The maximum Gasteiger partial charge on any atom is 0.202 e. The van der Waals surface area contributed by atoms with Crippen LogP contribution in [0.1, 0.15) is 27.3 Å². The van der Waals surface area contributed by atoms with E-state index in [0.717, 1.165) is 17.9 Å².